The molecule has 5 heteroatoms. The molecule has 0 bridgehead atoms. The van der Waals surface area contributed by atoms with Crippen molar-refractivity contribution in [3.05, 3.63) is 23.9 Å². The quantitative estimate of drug-likeness (QED) is 0.657. The highest BCUT2D eigenvalue weighted by Crippen LogP contribution is 2.18. The van der Waals surface area contributed by atoms with Gasteiger partial charge in [-0.05, 0) is 22.8 Å². The standard InChI is InChI=1S/C6H3ClN2O2/c7-6-8-5(11-9-6)4-1-2-10-3-4/h1-3H. The van der Waals surface area contributed by atoms with Gasteiger partial charge in [0.05, 0.1) is 11.8 Å². The summed E-state index contributed by atoms with van der Waals surface area (Å²) >= 11 is 5.43. The van der Waals surface area contributed by atoms with Crippen LogP contribution in [0.4, 0.5) is 0 Å². The fraction of sp³-hybridized carbons (Fsp3) is 0. The molecule has 2 aromatic rings. The zero-order chi connectivity index (χ0) is 7.68. The minimum atomic E-state index is 0.0983. The number of hydrogen-bond donors (Lipinski definition) is 0. The van der Waals surface area contributed by atoms with E-state index >= 15 is 0 Å². The Morgan fingerprint density at radius 1 is 1.45 bits per heavy atom. The van der Waals surface area contributed by atoms with Crippen molar-refractivity contribution in [2.45, 2.75) is 0 Å². The molecule has 0 N–H and O–H groups in total. The minimum absolute atomic E-state index is 0.0983. The van der Waals surface area contributed by atoms with E-state index in [9.17, 15) is 0 Å². The predicted molar refractivity (Wildman–Crippen MR) is 37.0 cm³/mol. The minimum Gasteiger partial charge on any atom is -0.472 e. The van der Waals surface area contributed by atoms with Crippen molar-refractivity contribution >= 4 is 11.6 Å². The van der Waals surface area contributed by atoms with E-state index in [2.05, 4.69) is 10.1 Å². The monoisotopic (exact) mass is 170 g/mol. The first-order chi connectivity index (χ1) is 5.36. The summed E-state index contributed by atoms with van der Waals surface area (Å²) in [7, 11) is 0. The third-order valence-corrected chi connectivity index (χ3v) is 1.32. The molecule has 0 radical (unpaired) electrons. The molecule has 0 spiro atoms. The first-order valence-corrected chi connectivity index (χ1v) is 3.26. The molecule has 0 fully saturated rings. The Hall–Kier alpha value is -1.29. The molecule has 0 aliphatic rings. The largest absolute Gasteiger partial charge is 0.472 e. The van der Waals surface area contributed by atoms with Crippen LogP contribution in [0.3, 0.4) is 0 Å². The summed E-state index contributed by atoms with van der Waals surface area (Å²) in [5.41, 5.74) is 0.726. The van der Waals surface area contributed by atoms with Crippen molar-refractivity contribution < 1.29 is 8.94 Å². The van der Waals surface area contributed by atoms with E-state index in [1.165, 1.54) is 12.5 Å². The Morgan fingerprint density at radius 3 is 2.91 bits per heavy atom. The van der Waals surface area contributed by atoms with E-state index in [4.69, 9.17) is 20.5 Å². The van der Waals surface area contributed by atoms with Crippen molar-refractivity contribution in [1.29, 1.82) is 0 Å². The van der Waals surface area contributed by atoms with Crippen LogP contribution in [0, 0.1) is 0 Å². The average molecular weight is 171 g/mol. The van der Waals surface area contributed by atoms with Gasteiger partial charge in [0, 0.05) is 0 Å². The van der Waals surface area contributed by atoms with E-state index in [-0.39, 0.29) is 5.28 Å². The first kappa shape index (κ1) is 6.42. The van der Waals surface area contributed by atoms with Crippen LogP contribution in [0.2, 0.25) is 5.28 Å². The van der Waals surface area contributed by atoms with Crippen LogP contribution in [-0.4, -0.2) is 10.1 Å². The third kappa shape index (κ3) is 1.12. The molecule has 0 unspecified atom stereocenters. The van der Waals surface area contributed by atoms with Crippen molar-refractivity contribution in [1.82, 2.24) is 10.1 Å². The molecular formula is C6H3ClN2O2. The zero-order valence-electron chi connectivity index (χ0n) is 5.32. The molecular weight excluding hydrogens is 168 g/mol. The van der Waals surface area contributed by atoms with E-state index in [0.29, 0.717) is 5.89 Å². The van der Waals surface area contributed by atoms with Crippen LogP contribution in [0.5, 0.6) is 0 Å². The highest BCUT2D eigenvalue weighted by Gasteiger charge is 2.06. The summed E-state index contributed by atoms with van der Waals surface area (Å²) in [4.78, 5) is 3.78. The molecule has 0 aliphatic carbocycles. The van der Waals surface area contributed by atoms with Crippen LogP contribution < -0.4 is 0 Å². The lowest BCUT2D eigenvalue weighted by Crippen LogP contribution is -1.69. The summed E-state index contributed by atoms with van der Waals surface area (Å²) < 4.78 is 9.56. The van der Waals surface area contributed by atoms with Gasteiger partial charge < -0.3 is 8.94 Å². The van der Waals surface area contributed by atoms with Gasteiger partial charge >= 0.3 is 0 Å². The zero-order valence-corrected chi connectivity index (χ0v) is 6.08. The second-order valence-corrected chi connectivity index (χ2v) is 2.22. The molecule has 2 heterocycles. The molecule has 11 heavy (non-hydrogen) atoms. The van der Waals surface area contributed by atoms with Crippen molar-refractivity contribution in [2.75, 3.05) is 0 Å². The maximum absolute atomic E-state index is 5.43. The Balaban J connectivity index is 2.45. The number of furan rings is 1. The Kier molecular flexibility index (Phi) is 1.40. The molecule has 0 saturated carbocycles. The molecule has 0 aliphatic heterocycles. The summed E-state index contributed by atoms with van der Waals surface area (Å²) in [6.45, 7) is 0. The van der Waals surface area contributed by atoms with Crippen LogP contribution in [0.15, 0.2) is 27.5 Å². The van der Waals surface area contributed by atoms with E-state index in [0.717, 1.165) is 5.56 Å². The van der Waals surface area contributed by atoms with Crippen LogP contribution in [0.25, 0.3) is 11.5 Å². The SMILES string of the molecule is Clc1noc(-c2ccoc2)n1. The summed E-state index contributed by atoms with van der Waals surface area (Å²) in [5, 5.41) is 3.51. The fourth-order valence-corrected chi connectivity index (χ4v) is 0.820. The van der Waals surface area contributed by atoms with Gasteiger partial charge in [0.1, 0.15) is 6.26 Å². The Morgan fingerprint density at radius 2 is 2.36 bits per heavy atom. The molecule has 56 valence electrons. The highest BCUT2D eigenvalue weighted by molar-refractivity contribution is 6.28. The maximum Gasteiger partial charge on any atom is 0.264 e. The molecule has 0 atom stereocenters. The summed E-state index contributed by atoms with van der Waals surface area (Å²) in [6.07, 6.45) is 3.03. The topological polar surface area (TPSA) is 52.1 Å². The van der Waals surface area contributed by atoms with Gasteiger partial charge in [-0.2, -0.15) is 4.98 Å². The lowest BCUT2D eigenvalue weighted by Gasteiger charge is -1.79. The van der Waals surface area contributed by atoms with E-state index in [1.807, 2.05) is 0 Å². The predicted octanol–water partition coefficient (Wildman–Crippen LogP) is 1.98. The summed E-state index contributed by atoms with van der Waals surface area (Å²) in [5.74, 6) is 0.365. The lowest BCUT2D eigenvalue weighted by molar-refractivity contribution is 0.429. The van der Waals surface area contributed by atoms with Crippen molar-refractivity contribution in [2.24, 2.45) is 0 Å². The Bertz CT molecular complexity index is 341. The maximum atomic E-state index is 5.43. The van der Waals surface area contributed by atoms with Crippen LogP contribution in [-0.2, 0) is 0 Å². The molecule has 0 saturated heterocycles. The highest BCUT2D eigenvalue weighted by atomic mass is 35.5. The normalized spacial score (nSPS) is 10.3. The van der Waals surface area contributed by atoms with Crippen molar-refractivity contribution in [3.63, 3.8) is 0 Å². The van der Waals surface area contributed by atoms with Crippen LogP contribution in [0.1, 0.15) is 0 Å². The van der Waals surface area contributed by atoms with E-state index < -0.39 is 0 Å². The number of hydrogen-bond acceptors (Lipinski definition) is 4. The number of rotatable bonds is 1. The van der Waals surface area contributed by atoms with Gasteiger partial charge in [-0.15, -0.1) is 0 Å². The second kappa shape index (κ2) is 2.39. The molecule has 0 amide bonds. The molecule has 4 nitrogen and oxygen atoms in total. The first-order valence-electron chi connectivity index (χ1n) is 2.88. The number of nitrogens with zero attached hydrogens (tertiary/aromatic N) is 2. The second-order valence-electron chi connectivity index (χ2n) is 1.88. The van der Waals surface area contributed by atoms with Gasteiger partial charge in [0.15, 0.2) is 0 Å². The van der Waals surface area contributed by atoms with Gasteiger partial charge in [0.2, 0.25) is 0 Å². The third-order valence-electron chi connectivity index (χ3n) is 1.17. The van der Waals surface area contributed by atoms with Gasteiger partial charge in [-0.3, -0.25) is 0 Å². The lowest BCUT2D eigenvalue weighted by atomic mass is 10.3. The summed E-state index contributed by atoms with van der Waals surface area (Å²) in [6, 6.07) is 1.71. The van der Waals surface area contributed by atoms with Gasteiger partial charge in [0.25, 0.3) is 11.2 Å². The molecule has 0 aromatic carbocycles. The van der Waals surface area contributed by atoms with Gasteiger partial charge in [-0.25, -0.2) is 0 Å². The molecule has 2 aromatic heterocycles. The van der Waals surface area contributed by atoms with Crippen LogP contribution >= 0.6 is 11.6 Å². The smallest absolute Gasteiger partial charge is 0.264 e. The fourth-order valence-electron chi connectivity index (χ4n) is 0.709. The van der Waals surface area contributed by atoms with Gasteiger partial charge in [-0.1, -0.05) is 0 Å². The van der Waals surface area contributed by atoms with E-state index in [1.54, 1.807) is 6.07 Å². The number of halogens is 1. The average Bonchev–Trinajstić information content (AvgIpc) is 2.55. The number of aromatic nitrogens is 2. The molecule has 2 rings (SSSR count). The Labute approximate surface area is 66.8 Å². The van der Waals surface area contributed by atoms with Crippen molar-refractivity contribution in [3.8, 4) is 11.5 Å².